The van der Waals surface area contributed by atoms with Crippen LogP contribution in [0.5, 0.6) is 0 Å². The summed E-state index contributed by atoms with van der Waals surface area (Å²) in [7, 11) is 0. The summed E-state index contributed by atoms with van der Waals surface area (Å²) in [6.07, 6.45) is 0. The van der Waals surface area contributed by atoms with Crippen molar-refractivity contribution < 1.29 is 43.8 Å². The molecule has 43 valence electrons. The number of rotatable bonds is 0. The van der Waals surface area contributed by atoms with Gasteiger partial charge in [0.1, 0.15) is 0 Å². The Morgan fingerprint density at radius 1 is 1.00 bits per heavy atom. The van der Waals surface area contributed by atoms with E-state index in [0.29, 0.717) is 0 Å². The molecule has 0 atom stereocenters. The molecule has 0 saturated heterocycles. The third kappa shape index (κ3) is 9.08. The predicted octanol–water partition coefficient (Wildman–Crippen LogP) is -3.64. The van der Waals surface area contributed by atoms with E-state index in [4.69, 9.17) is 19.8 Å². The zero-order chi connectivity index (χ0) is 5.15. The van der Waals surface area contributed by atoms with Crippen molar-refractivity contribution in [3.05, 3.63) is 0 Å². The van der Waals surface area contributed by atoms with Crippen molar-refractivity contribution in [1.82, 2.24) is 0 Å². The SMILES string of the molecule is O=C([O-])C(=O)[O-].[O-2].[V+4]. The number of carboxylic acid groups (broad SMARTS) is 2. The Hall–Kier alpha value is -0.516. The van der Waals surface area contributed by atoms with Crippen LogP contribution in [0.2, 0.25) is 0 Å². The van der Waals surface area contributed by atoms with Gasteiger partial charge in [0.25, 0.3) is 0 Å². The van der Waals surface area contributed by atoms with E-state index < -0.39 is 11.9 Å². The number of hydrogen-bond donors (Lipinski definition) is 0. The number of carbonyl (C=O) groups is 2. The van der Waals surface area contributed by atoms with Gasteiger partial charge >= 0.3 is 18.6 Å². The van der Waals surface area contributed by atoms with E-state index in [1.165, 1.54) is 0 Å². The van der Waals surface area contributed by atoms with Gasteiger partial charge in [0.05, 0.1) is 11.9 Å². The first-order valence-electron chi connectivity index (χ1n) is 1.07. The summed E-state index contributed by atoms with van der Waals surface area (Å²) in [5.41, 5.74) is 0. The molecule has 0 saturated carbocycles. The molecule has 0 heterocycles. The molecule has 6 heteroatoms. The van der Waals surface area contributed by atoms with E-state index in [1.807, 2.05) is 0 Å². The van der Waals surface area contributed by atoms with Gasteiger partial charge in [-0.25, -0.2) is 0 Å². The molecular formula is C2O5V. The maximum atomic E-state index is 8.93. The van der Waals surface area contributed by atoms with E-state index in [-0.39, 0.29) is 24.0 Å². The molecule has 0 N–H and O–H groups in total. The first-order chi connectivity index (χ1) is 2.64. The first-order valence-corrected chi connectivity index (χ1v) is 1.07. The van der Waals surface area contributed by atoms with E-state index >= 15 is 0 Å². The van der Waals surface area contributed by atoms with E-state index in [2.05, 4.69) is 0 Å². The van der Waals surface area contributed by atoms with Crippen molar-refractivity contribution in [2.24, 2.45) is 0 Å². The average Bonchev–Trinajstić information content (AvgIpc) is 1.36. The second-order valence-corrected chi connectivity index (χ2v) is 0.575. The van der Waals surface area contributed by atoms with Crippen molar-refractivity contribution in [3.63, 3.8) is 0 Å². The molecule has 0 amide bonds. The number of carboxylic acids is 2. The molecule has 0 rings (SSSR count). The van der Waals surface area contributed by atoms with Crippen LogP contribution in [0.3, 0.4) is 0 Å². The van der Waals surface area contributed by atoms with Crippen molar-refractivity contribution >= 4 is 11.9 Å². The molecule has 5 nitrogen and oxygen atoms in total. The monoisotopic (exact) mass is 155 g/mol. The van der Waals surface area contributed by atoms with Crippen LogP contribution < -0.4 is 10.2 Å². The summed E-state index contributed by atoms with van der Waals surface area (Å²) >= 11 is 0. The summed E-state index contributed by atoms with van der Waals surface area (Å²) in [5.74, 6) is -4.37. The molecule has 0 fully saturated rings. The fraction of sp³-hybridized carbons (Fsp3) is 0. The van der Waals surface area contributed by atoms with E-state index in [9.17, 15) is 0 Å². The Labute approximate surface area is 56.5 Å². The summed E-state index contributed by atoms with van der Waals surface area (Å²) in [6, 6.07) is 0. The molecule has 0 aliphatic carbocycles. The minimum atomic E-state index is -2.19. The van der Waals surface area contributed by atoms with Gasteiger partial charge in [0.2, 0.25) is 0 Å². The topological polar surface area (TPSA) is 109 Å². The van der Waals surface area contributed by atoms with E-state index in [1.54, 1.807) is 0 Å². The number of aliphatic carboxylic acids is 2. The quantitative estimate of drug-likeness (QED) is 0.336. The van der Waals surface area contributed by atoms with Crippen LogP contribution in [0.4, 0.5) is 0 Å². The van der Waals surface area contributed by atoms with Crippen LogP contribution in [0.25, 0.3) is 0 Å². The normalized spacial score (nSPS) is 5.50. The van der Waals surface area contributed by atoms with Crippen molar-refractivity contribution in [3.8, 4) is 0 Å². The van der Waals surface area contributed by atoms with E-state index in [0.717, 1.165) is 0 Å². The van der Waals surface area contributed by atoms with Crippen LogP contribution in [0, 0.1) is 0 Å². The molecule has 8 heavy (non-hydrogen) atoms. The predicted molar refractivity (Wildman–Crippen MR) is 10.7 cm³/mol. The molecule has 0 aromatic rings. The van der Waals surface area contributed by atoms with Crippen LogP contribution in [0.15, 0.2) is 0 Å². The van der Waals surface area contributed by atoms with Crippen LogP contribution in [-0.2, 0) is 33.6 Å². The van der Waals surface area contributed by atoms with Gasteiger partial charge in [-0.2, -0.15) is 0 Å². The molecule has 0 spiro atoms. The maximum absolute atomic E-state index is 8.93. The van der Waals surface area contributed by atoms with Crippen molar-refractivity contribution in [2.75, 3.05) is 0 Å². The number of carbonyl (C=O) groups excluding carboxylic acids is 2. The molecule has 0 bridgehead atoms. The van der Waals surface area contributed by atoms with Gasteiger partial charge in [0, 0.05) is 0 Å². The molecule has 0 aliphatic rings. The van der Waals surface area contributed by atoms with Gasteiger partial charge in [0.15, 0.2) is 0 Å². The molecule has 1 radical (unpaired) electrons. The van der Waals surface area contributed by atoms with Gasteiger partial charge in [-0.15, -0.1) is 0 Å². The molecule has 0 unspecified atom stereocenters. The minimum absolute atomic E-state index is 0. The Morgan fingerprint density at radius 3 is 1.12 bits per heavy atom. The van der Waals surface area contributed by atoms with Gasteiger partial charge < -0.3 is 25.3 Å². The molecule has 0 aliphatic heterocycles. The minimum Gasteiger partial charge on any atom is -2.00 e. The fourth-order valence-electron chi connectivity index (χ4n) is 0. The zero-order valence-electron chi connectivity index (χ0n) is 3.49. The van der Waals surface area contributed by atoms with Crippen LogP contribution in [0.1, 0.15) is 0 Å². The Bertz CT molecular complexity index is 76.4. The molecule has 0 aromatic carbocycles. The Balaban J connectivity index is -0.000000125. The second-order valence-electron chi connectivity index (χ2n) is 0.575. The standard InChI is InChI=1S/C2H2O4.O.V/c3-1(4)2(5)6;;/h(H,3,4)(H,5,6);;/q;-2;+4/p-2. The summed E-state index contributed by atoms with van der Waals surface area (Å²) in [6.45, 7) is 0. The van der Waals surface area contributed by atoms with Crippen LogP contribution in [-0.4, -0.2) is 11.9 Å². The van der Waals surface area contributed by atoms with Gasteiger partial charge in [-0.3, -0.25) is 0 Å². The molecule has 0 aromatic heterocycles. The second kappa shape index (κ2) is 6.48. The zero-order valence-corrected chi connectivity index (χ0v) is 4.89. The molecular weight excluding hydrogens is 155 g/mol. The average molecular weight is 155 g/mol. The summed E-state index contributed by atoms with van der Waals surface area (Å²) < 4.78 is 0. The first kappa shape index (κ1) is 15.6. The van der Waals surface area contributed by atoms with Gasteiger partial charge in [-0.05, 0) is 0 Å². The van der Waals surface area contributed by atoms with Gasteiger partial charge in [-0.1, -0.05) is 0 Å². The third-order valence-corrected chi connectivity index (χ3v) is 0.167. The smallest absolute Gasteiger partial charge is 2.00 e. The number of hydrogen-bond acceptors (Lipinski definition) is 4. The largest absolute Gasteiger partial charge is 4.00 e. The summed E-state index contributed by atoms with van der Waals surface area (Å²) in [5, 5.41) is 17.9. The fourth-order valence-corrected chi connectivity index (χ4v) is 0. The Kier molecular flexibility index (Phi) is 12.7. The van der Waals surface area contributed by atoms with Crippen LogP contribution >= 0.6 is 0 Å². The third-order valence-electron chi connectivity index (χ3n) is 0.167. The van der Waals surface area contributed by atoms with Crippen molar-refractivity contribution in [2.45, 2.75) is 0 Å². The van der Waals surface area contributed by atoms with Crippen molar-refractivity contribution in [1.29, 1.82) is 0 Å². The Morgan fingerprint density at radius 2 is 1.12 bits per heavy atom. The maximum Gasteiger partial charge on any atom is 4.00 e. The summed E-state index contributed by atoms with van der Waals surface area (Å²) in [4.78, 5) is 17.9.